The third-order valence-electron chi connectivity index (χ3n) is 3.94. The van der Waals surface area contributed by atoms with Crippen molar-refractivity contribution in [1.82, 2.24) is 0 Å². The molecule has 0 aromatic heterocycles. The molecule has 0 fully saturated rings. The number of ketones is 1. The van der Waals surface area contributed by atoms with E-state index in [-0.39, 0.29) is 16.9 Å². The van der Waals surface area contributed by atoms with Crippen molar-refractivity contribution in [2.24, 2.45) is 0 Å². The van der Waals surface area contributed by atoms with Crippen LogP contribution in [0.1, 0.15) is 30.6 Å². The molecule has 2 aromatic carbocycles. The van der Waals surface area contributed by atoms with Gasteiger partial charge in [-0.15, -0.1) is 11.8 Å². The highest BCUT2D eigenvalue weighted by molar-refractivity contribution is 8.00. The van der Waals surface area contributed by atoms with Gasteiger partial charge in [-0.1, -0.05) is 12.1 Å². The summed E-state index contributed by atoms with van der Waals surface area (Å²) in [5.74, 6) is 1.30. The van der Waals surface area contributed by atoms with E-state index in [1.165, 1.54) is 18.7 Å². The van der Waals surface area contributed by atoms with Crippen LogP contribution in [0.4, 0.5) is 5.69 Å². The molecule has 1 amide bonds. The SMILES string of the molecule is CC(=O)c1cccc(NC(=O)C(C)Sc2ccc3c(c2)OCCCO3)c1. The van der Waals surface area contributed by atoms with Gasteiger partial charge in [-0.25, -0.2) is 0 Å². The molecule has 1 unspecified atom stereocenters. The van der Waals surface area contributed by atoms with Crippen LogP contribution in [-0.2, 0) is 4.79 Å². The topological polar surface area (TPSA) is 64.6 Å². The first-order chi connectivity index (χ1) is 12.5. The lowest BCUT2D eigenvalue weighted by atomic mass is 10.1. The van der Waals surface area contributed by atoms with E-state index in [9.17, 15) is 9.59 Å². The van der Waals surface area contributed by atoms with Crippen molar-refractivity contribution in [2.45, 2.75) is 30.4 Å². The summed E-state index contributed by atoms with van der Waals surface area (Å²) in [5.41, 5.74) is 1.19. The number of hydrogen-bond donors (Lipinski definition) is 1. The number of benzene rings is 2. The third-order valence-corrected chi connectivity index (χ3v) is 5.03. The Balaban J connectivity index is 1.65. The van der Waals surface area contributed by atoms with Gasteiger partial charge < -0.3 is 14.8 Å². The molecule has 0 radical (unpaired) electrons. The predicted octanol–water partition coefficient (Wildman–Crippen LogP) is 4.17. The first kappa shape index (κ1) is 18.3. The molecule has 26 heavy (non-hydrogen) atoms. The average Bonchev–Trinajstić information content (AvgIpc) is 2.86. The molecule has 1 atom stereocenters. The molecule has 0 saturated heterocycles. The van der Waals surface area contributed by atoms with Crippen LogP contribution in [0, 0.1) is 0 Å². The van der Waals surface area contributed by atoms with Crippen molar-refractivity contribution in [1.29, 1.82) is 0 Å². The van der Waals surface area contributed by atoms with Gasteiger partial charge in [0, 0.05) is 22.6 Å². The molecule has 136 valence electrons. The molecule has 1 N–H and O–H groups in total. The lowest BCUT2D eigenvalue weighted by Crippen LogP contribution is -2.22. The Kier molecular flexibility index (Phi) is 5.83. The highest BCUT2D eigenvalue weighted by Crippen LogP contribution is 2.35. The second-order valence-electron chi connectivity index (χ2n) is 6.05. The average molecular weight is 371 g/mol. The summed E-state index contributed by atoms with van der Waals surface area (Å²) in [5, 5.41) is 2.56. The number of nitrogens with one attached hydrogen (secondary N) is 1. The van der Waals surface area contributed by atoms with Crippen LogP contribution in [-0.4, -0.2) is 30.2 Å². The van der Waals surface area contributed by atoms with Crippen molar-refractivity contribution in [3.05, 3.63) is 48.0 Å². The highest BCUT2D eigenvalue weighted by atomic mass is 32.2. The minimum absolute atomic E-state index is 0.0317. The summed E-state index contributed by atoms with van der Waals surface area (Å²) in [6, 6.07) is 12.7. The van der Waals surface area contributed by atoms with Crippen LogP contribution in [0.25, 0.3) is 0 Å². The van der Waals surface area contributed by atoms with Crippen LogP contribution in [0.15, 0.2) is 47.4 Å². The lowest BCUT2D eigenvalue weighted by molar-refractivity contribution is -0.115. The van der Waals surface area contributed by atoms with Gasteiger partial charge >= 0.3 is 0 Å². The maximum atomic E-state index is 12.5. The molecule has 5 nitrogen and oxygen atoms in total. The Morgan fingerprint density at radius 2 is 1.85 bits per heavy atom. The van der Waals surface area contributed by atoms with Crippen LogP contribution < -0.4 is 14.8 Å². The predicted molar refractivity (Wildman–Crippen MR) is 102 cm³/mol. The lowest BCUT2D eigenvalue weighted by Gasteiger charge is -2.14. The second-order valence-corrected chi connectivity index (χ2v) is 7.46. The zero-order valence-corrected chi connectivity index (χ0v) is 15.6. The summed E-state index contributed by atoms with van der Waals surface area (Å²) >= 11 is 1.45. The zero-order valence-electron chi connectivity index (χ0n) is 14.8. The molecular weight excluding hydrogens is 350 g/mol. The summed E-state index contributed by atoms with van der Waals surface area (Å²) in [4.78, 5) is 24.9. The van der Waals surface area contributed by atoms with Crippen LogP contribution in [0.3, 0.4) is 0 Å². The van der Waals surface area contributed by atoms with Gasteiger partial charge in [0.25, 0.3) is 0 Å². The molecule has 0 bridgehead atoms. The number of fused-ring (bicyclic) bond motifs is 1. The van der Waals surface area contributed by atoms with Crippen LogP contribution in [0.2, 0.25) is 0 Å². The van der Waals surface area contributed by atoms with E-state index >= 15 is 0 Å². The van der Waals surface area contributed by atoms with E-state index in [0.717, 1.165) is 17.1 Å². The van der Waals surface area contributed by atoms with E-state index in [1.807, 2.05) is 25.1 Å². The molecule has 0 aliphatic carbocycles. The molecular formula is C20H21NO4S. The van der Waals surface area contributed by atoms with E-state index in [0.29, 0.717) is 30.2 Å². The van der Waals surface area contributed by atoms with Crippen LogP contribution in [0.5, 0.6) is 11.5 Å². The van der Waals surface area contributed by atoms with Gasteiger partial charge in [0.05, 0.1) is 18.5 Å². The number of carbonyl (C=O) groups excluding carboxylic acids is 2. The van der Waals surface area contributed by atoms with Crippen molar-refractivity contribution in [2.75, 3.05) is 18.5 Å². The smallest absolute Gasteiger partial charge is 0.237 e. The van der Waals surface area contributed by atoms with Gasteiger partial charge in [0.15, 0.2) is 17.3 Å². The van der Waals surface area contributed by atoms with Gasteiger partial charge in [-0.05, 0) is 44.2 Å². The normalized spacial score (nSPS) is 14.2. The fourth-order valence-corrected chi connectivity index (χ4v) is 3.43. The first-order valence-corrected chi connectivity index (χ1v) is 9.39. The Bertz CT molecular complexity index is 821. The molecule has 1 heterocycles. The summed E-state index contributed by atoms with van der Waals surface area (Å²) in [7, 11) is 0. The second kappa shape index (κ2) is 8.27. The molecule has 3 rings (SSSR count). The van der Waals surface area contributed by atoms with Crippen molar-refractivity contribution in [3.8, 4) is 11.5 Å². The minimum Gasteiger partial charge on any atom is -0.490 e. The number of hydrogen-bond acceptors (Lipinski definition) is 5. The summed E-state index contributed by atoms with van der Waals surface area (Å²) in [6.45, 7) is 4.63. The fourth-order valence-electron chi connectivity index (χ4n) is 2.53. The maximum absolute atomic E-state index is 12.5. The Labute approximate surface area is 157 Å². The van der Waals surface area contributed by atoms with Gasteiger partial charge in [0.1, 0.15) is 0 Å². The van der Waals surface area contributed by atoms with E-state index in [4.69, 9.17) is 9.47 Å². The van der Waals surface area contributed by atoms with Crippen molar-refractivity contribution >= 4 is 29.1 Å². The van der Waals surface area contributed by atoms with E-state index in [1.54, 1.807) is 24.3 Å². The number of anilines is 1. The van der Waals surface area contributed by atoms with Gasteiger partial charge in [-0.2, -0.15) is 0 Å². The molecule has 1 aliphatic heterocycles. The van der Waals surface area contributed by atoms with E-state index in [2.05, 4.69) is 5.32 Å². The highest BCUT2D eigenvalue weighted by Gasteiger charge is 2.17. The zero-order chi connectivity index (χ0) is 18.5. The number of rotatable bonds is 5. The van der Waals surface area contributed by atoms with Gasteiger partial charge in [-0.3, -0.25) is 9.59 Å². The summed E-state index contributed by atoms with van der Waals surface area (Å²) < 4.78 is 11.3. The fraction of sp³-hybridized carbons (Fsp3) is 0.300. The number of carbonyl (C=O) groups is 2. The van der Waals surface area contributed by atoms with Gasteiger partial charge in [0.2, 0.25) is 5.91 Å². The monoisotopic (exact) mass is 371 g/mol. The van der Waals surface area contributed by atoms with Crippen molar-refractivity contribution < 1.29 is 19.1 Å². The Morgan fingerprint density at radius 1 is 1.08 bits per heavy atom. The quantitative estimate of drug-likeness (QED) is 0.631. The Morgan fingerprint density at radius 3 is 2.62 bits per heavy atom. The standard InChI is InChI=1S/C20H21NO4S/c1-13(22)15-5-3-6-16(11-15)21-20(23)14(2)26-17-7-8-18-19(12-17)25-10-4-9-24-18/h3,5-8,11-12,14H,4,9-10H2,1-2H3,(H,21,23). The number of amides is 1. The summed E-state index contributed by atoms with van der Waals surface area (Å²) in [6.07, 6.45) is 0.856. The molecule has 0 saturated carbocycles. The van der Waals surface area contributed by atoms with Crippen LogP contribution >= 0.6 is 11.8 Å². The largest absolute Gasteiger partial charge is 0.490 e. The van der Waals surface area contributed by atoms with Crippen molar-refractivity contribution in [3.63, 3.8) is 0 Å². The third kappa shape index (κ3) is 4.58. The molecule has 6 heteroatoms. The minimum atomic E-state index is -0.305. The number of thioether (sulfide) groups is 1. The Hall–Kier alpha value is -2.47. The van der Waals surface area contributed by atoms with E-state index < -0.39 is 0 Å². The maximum Gasteiger partial charge on any atom is 0.237 e. The molecule has 0 spiro atoms. The number of Topliss-reactive ketones (excluding diaryl/α,β-unsaturated/α-hetero) is 1. The molecule has 2 aromatic rings. The number of ether oxygens (including phenoxy) is 2. The first-order valence-electron chi connectivity index (χ1n) is 8.51. The molecule has 1 aliphatic rings.